The SMILES string of the molecule is CC(C)CNCC1(Cc2ccc(F)cc2Cl)CCCC1. The molecule has 1 nitrogen and oxygen atoms in total. The van der Waals surface area contributed by atoms with E-state index in [1.165, 1.54) is 37.8 Å². The quantitative estimate of drug-likeness (QED) is 0.793. The second-order valence-electron chi connectivity index (χ2n) is 6.64. The highest BCUT2D eigenvalue weighted by Crippen LogP contribution is 2.41. The van der Waals surface area contributed by atoms with Crippen molar-refractivity contribution < 1.29 is 4.39 Å². The summed E-state index contributed by atoms with van der Waals surface area (Å²) in [5.74, 6) is 0.417. The van der Waals surface area contributed by atoms with Crippen LogP contribution in [-0.4, -0.2) is 13.1 Å². The van der Waals surface area contributed by atoms with E-state index < -0.39 is 0 Å². The van der Waals surface area contributed by atoms with Crippen LogP contribution in [0.3, 0.4) is 0 Å². The average Bonchev–Trinajstić information content (AvgIpc) is 2.81. The Hall–Kier alpha value is -0.600. The molecule has 3 heteroatoms. The smallest absolute Gasteiger partial charge is 0.124 e. The number of rotatable bonds is 6. The molecule has 0 amide bonds. The Bertz CT molecular complexity index is 439. The molecule has 0 radical (unpaired) electrons. The summed E-state index contributed by atoms with van der Waals surface area (Å²) in [7, 11) is 0. The van der Waals surface area contributed by atoms with Crippen LogP contribution >= 0.6 is 11.6 Å². The Morgan fingerprint density at radius 2 is 2.00 bits per heavy atom. The minimum Gasteiger partial charge on any atom is -0.316 e. The molecule has 1 fully saturated rings. The van der Waals surface area contributed by atoms with Crippen molar-refractivity contribution in [3.05, 3.63) is 34.6 Å². The number of benzene rings is 1. The van der Waals surface area contributed by atoms with Gasteiger partial charge in [0, 0.05) is 11.6 Å². The van der Waals surface area contributed by atoms with Crippen LogP contribution in [0.25, 0.3) is 0 Å². The summed E-state index contributed by atoms with van der Waals surface area (Å²) in [6, 6.07) is 4.80. The van der Waals surface area contributed by atoms with Crippen molar-refractivity contribution >= 4 is 11.6 Å². The van der Waals surface area contributed by atoms with Crippen molar-refractivity contribution in [2.24, 2.45) is 11.3 Å². The van der Waals surface area contributed by atoms with Crippen LogP contribution < -0.4 is 5.32 Å². The molecule has 0 aliphatic heterocycles. The molecule has 0 spiro atoms. The van der Waals surface area contributed by atoms with E-state index in [0.29, 0.717) is 16.4 Å². The first-order valence-corrected chi connectivity index (χ1v) is 8.03. The van der Waals surface area contributed by atoms with Crippen molar-refractivity contribution in [3.63, 3.8) is 0 Å². The van der Waals surface area contributed by atoms with Gasteiger partial charge in [0.1, 0.15) is 5.82 Å². The molecule has 1 aromatic rings. The van der Waals surface area contributed by atoms with Crippen molar-refractivity contribution in [2.45, 2.75) is 46.0 Å². The molecule has 0 heterocycles. The Labute approximate surface area is 126 Å². The number of hydrogen-bond donors (Lipinski definition) is 1. The third-order valence-electron chi connectivity index (χ3n) is 4.30. The third-order valence-corrected chi connectivity index (χ3v) is 4.65. The highest BCUT2D eigenvalue weighted by atomic mass is 35.5. The predicted molar refractivity (Wildman–Crippen MR) is 83.7 cm³/mol. The molecule has 1 aliphatic carbocycles. The topological polar surface area (TPSA) is 12.0 Å². The van der Waals surface area contributed by atoms with Crippen molar-refractivity contribution in [1.82, 2.24) is 5.32 Å². The Morgan fingerprint density at radius 1 is 1.30 bits per heavy atom. The second-order valence-corrected chi connectivity index (χ2v) is 7.05. The van der Waals surface area contributed by atoms with Crippen molar-refractivity contribution in [3.8, 4) is 0 Å². The summed E-state index contributed by atoms with van der Waals surface area (Å²) in [6.07, 6.45) is 6.03. The fourth-order valence-electron chi connectivity index (χ4n) is 3.24. The highest BCUT2D eigenvalue weighted by Gasteiger charge is 2.34. The van der Waals surface area contributed by atoms with Gasteiger partial charge in [-0.1, -0.05) is 44.4 Å². The van der Waals surface area contributed by atoms with Crippen LogP contribution in [0.1, 0.15) is 45.1 Å². The van der Waals surface area contributed by atoms with Gasteiger partial charge in [-0.15, -0.1) is 0 Å². The van der Waals surface area contributed by atoms with E-state index in [1.54, 1.807) is 0 Å². The number of nitrogens with one attached hydrogen (secondary N) is 1. The Kier molecular flexibility index (Phi) is 5.45. The van der Waals surface area contributed by atoms with E-state index in [2.05, 4.69) is 19.2 Å². The van der Waals surface area contributed by atoms with Gasteiger partial charge >= 0.3 is 0 Å². The summed E-state index contributed by atoms with van der Waals surface area (Å²) >= 11 is 6.19. The van der Waals surface area contributed by atoms with Gasteiger partial charge in [-0.3, -0.25) is 0 Å². The van der Waals surface area contributed by atoms with E-state index >= 15 is 0 Å². The molecule has 0 bridgehead atoms. The van der Waals surface area contributed by atoms with Gasteiger partial charge in [0.2, 0.25) is 0 Å². The van der Waals surface area contributed by atoms with Gasteiger partial charge < -0.3 is 5.32 Å². The van der Waals surface area contributed by atoms with Crippen LogP contribution in [0.2, 0.25) is 5.02 Å². The summed E-state index contributed by atoms with van der Waals surface area (Å²) in [4.78, 5) is 0. The molecule has 2 rings (SSSR count). The van der Waals surface area contributed by atoms with Gasteiger partial charge in [-0.25, -0.2) is 4.39 Å². The first kappa shape index (κ1) is 15.8. The number of hydrogen-bond acceptors (Lipinski definition) is 1. The lowest BCUT2D eigenvalue weighted by molar-refractivity contribution is 0.273. The van der Waals surface area contributed by atoms with Gasteiger partial charge in [0.05, 0.1) is 0 Å². The van der Waals surface area contributed by atoms with E-state index in [0.717, 1.165) is 25.1 Å². The average molecular weight is 298 g/mol. The summed E-state index contributed by atoms with van der Waals surface area (Å²) in [5, 5.41) is 4.17. The molecule has 0 unspecified atom stereocenters. The molecular weight excluding hydrogens is 273 g/mol. The maximum absolute atomic E-state index is 13.2. The lowest BCUT2D eigenvalue weighted by Gasteiger charge is -2.30. The summed E-state index contributed by atoms with van der Waals surface area (Å²) in [6.45, 7) is 6.55. The summed E-state index contributed by atoms with van der Waals surface area (Å²) in [5.41, 5.74) is 1.39. The maximum Gasteiger partial charge on any atom is 0.124 e. The first-order valence-electron chi connectivity index (χ1n) is 7.65. The lowest BCUT2D eigenvalue weighted by Crippen LogP contribution is -2.35. The van der Waals surface area contributed by atoms with E-state index in [4.69, 9.17) is 11.6 Å². The van der Waals surface area contributed by atoms with Crippen molar-refractivity contribution in [2.75, 3.05) is 13.1 Å². The second kappa shape index (κ2) is 6.91. The van der Waals surface area contributed by atoms with Gasteiger partial charge in [-0.05, 0) is 54.8 Å². The molecule has 0 aromatic heterocycles. The molecule has 0 saturated heterocycles. The van der Waals surface area contributed by atoms with Gasteiger partial charge in [-0.2, -0.15) is 0 Å². The Balaban J connectivity index is 2.04. The van der Waals surface area contributed by atoms with Gasteiger partial charge in [0.15, 0.2) is 0 Å². The highest BCUT2D eigenvalue weighted by molar-refractivity contribution is 6.31. The molecule has 1 aliphatic rings. The van der Waals surface area contributed by atoms with Crippen LogP contribution in [0.4, 0.5) is 4.39 Å². The predicted octanol–water partition coefficient (Wildman–Crippen LogP) is 4.83. The standard InChI is InChI=1S/C17H25ClFN/c1-13(2)11-20-12-17(7-3-4-8-17)10-14-5-6-15(19)9-16(14)18/h5-6,9,13,20H,3-4,7-8,10-12H2,1-2H3. The van der Waals surface area contributed by atoms with E-state index in [-0.39, 0.29) is 5.82 Å². The third kappa shape index (κ3) is 4.20. The molecular formula is C17H25ClFN. The van der Waals surface area contributed by atoms with Crippen LogP contribution in [0, 0.1) is 17.2 Å². The Morgan fingerprint density at radius 3 is 2.60 bits per heavy atom. The molecule has 20 heavy (non-hydrogen) atoms. The molecule has 112 valence electrons. The minimum atomic E-state index is -0.253. The minimum absolute atomic E-state index is 0.253. The van der Waals surface area contributed by atoms with E-state index in [9.17, 15) is 4.39 Å². The van der Waals surface area contributed by atoms with Gasteiger partial charge in [0.25, 0.3) is 0 Å². The summed E-state index contributed by atoms with van der Waals surface area (Å²) < 4.78 is 13.2. The van der Waals surface area contributed by atoms with E-state index in [1.807, 2.05) is 6.07 Å². The monoisotopic (exact) mass is 297 g/mol. The molecule has 1 N–H and O–H groups in total. The zero-order valence-electron chi connectivity index (χ0n) is 12.5. The lowest BCUT2D eigenvalue weighted by atomic mass is 9.80. The van der Waals surface area contributed by atoms with Crippen LogP contribution in [0.15, 0.2) is 18.2 Å². The number of halogens is 2. The van der Waals surface area contributed by atoms with Crippen LogP contribution in [-0.2, 0) is 6.42 Å². The largest absolute Gasteiger partial charge is 0.316 e. The fraction of sp³-hybridized carbons (Fsp3) is 0.647. The zero-order chi connectivity index (χ0) is 14.6. The molecule has 1 saturated carbocycles. The fourth-order valence-corrected chi connectivity index (χ4v) is 3.47. The van der Waals surface area contributed by atoms with Crippen LogP contribution in [0.5, 0.6) is 0 Å². The first-order chi connectivity index (χ1) is 9.51. The van der Waals surface area contributed by atoms with Crippen molar-refractivity contribution in [1.29, 1.82) is 0 Å². The molecule has 1 aromatic carbocycles. The normalized spacial score (nSPS) is 17.9. The molecule has 0 atom stereocenters. The zero-order valence-corrected chi connectivity index (χ0v) is 13.3. The maximum atomic E-state index is 13.2.